The highest BCUT2D eigenvalue weighted by molar-refractivity contribution is 14.1. The molecule has 0 bridgehead atoms. The number of anilines is 1. The molecule has 0 fully saturated rings. The summed E-state index contributed by atoms with van der Waals surface area (Å²) in [6.07, 6.45) is 1.51. The number of rotatable bonds is 6. The normalized spacial score (nSPS) is 11.0. The molecule has 0 aliphatic heterocycles. The summed E-state index contributed by atoms with van der Waals surface area (Å²) >= 11 is 11.6. The van der Waals surface area contributed by atoms with Gasteiger partial charge in [0.25, 0.3) is 5.91 Å². The van der Waals surface area contributed by atoms with Crippen LogP contribution in [-0.4, -0.2) is 11.0 Å². The van der Waals surface area contributed by atoms with Gasteiger partial charge < -0.3 is 15.2 Å². The van der Waals surface area contributed by atoms with E-state index in [2.05, 4.69) is 43.8 Å². The molecule has 0 aliphatic carbocycles. The van der Waals surface area contributed by atoms with E-state index in [-0.39, 0.29) is 11.3 Å². The van der Waals surface area contributed by atoms with Crippen LogP contribution in [0, 0.1) is 14.9 Å². The highest BCUT2D eigenvalue weighted by atomic mass is 127. The number of nitrogens with zero attached hydrogens (tertiary/aromatic N) is 1. The first-order chi connectivity index (χ1) is 14.9. The monoisotopic (exact) mass is 608 g/mol. The number of aromatic hydroxyl groups is 1. The molecule has 0 heterocycles. The molecule has 3 rings (SSSR count). The number of halogens is 3. The number of hydrogen-bond acceptors (Lipinski definition) is 4. The zero-order valence-corrected chi connectivity index (χ0v) is 20.4. The Bertz CT molecular complexity index is 1150. The van der Waals surface area contributed by atoms with Crippen molar-refractivity contribution in [1.82, 2.24) is 0 Å². The van der Waals surface area contributed by atoms with Crippen molar-refractivity contribution in [1.29, 1.82) is 5.26 Å². The van der Waals surface area contributed by atoms with E-state index in [1.807, 2.05) is 24.3 Å². The molecule has 5 nitrogen and oxygen atoms in total. The van der Waals surface area contributed by atoms with Crippen molar-refractivity contribution in [3.05, 3.63) is 90.4 Å². The van der Waals surface area contributed by atoms with Crippen LogP contribution in [-0.2, 0) is 11.4 Å². The molecule has 0 spiro atoms. The summed E-state index contributed by atoms with van der Waals surface area (Å²) in [6, 6.07) is 18.9. The number of nitriles is 1. The molecule has 0 aromatic heterocycles. The topological polar surface area (TPSA) is 82.3 Å². The molecule has 0 aliphatic rings. The van der Waals surface area contributed by atoms with E-state index >= 15 is 0 Å². The fourth-order valence-electron chi connectivity index (χ4n) is 2.60. The van der Waals surface area contributed by atoms with E-state index in [1.165, 1.54) is 18.2 Å². The zero-order chi connectivity index (χ0) is 22.4. The predicted molar refractivity (Wildman–Crippen MR) is 133 cm³/mol. The van der Waals surface area contributed by atoms with Gasteiger partial charge in [0.2, 0.25) is 0 Å². The SMILES string of the molecule is N#C/C(=C\c1cc(Br)c(OCc2ccc(Cl)cc2)c(I)c1)C(=O)Nc1ccc(O)cc1. The Balaban J connectivity index is 1.76. The zero-order valence-electron chi connectivity index (χ0n) is 15.9. The molecular weight excluding hydrogens is 595 g/mol. The lowest BCUT2D eigenvalue weighted by Crippen LogP contribution is -2.13. The number of ether oxygens (including phenoxy) is 1. The third-order valence-electron chi connectivity index (χ3n) is 4.12. The van der Waals surface area contributed by atoms with Gasteiger partial charge in [0.1, 0.15) is 29.7 Å². The molecule has 0 saturated heterocycles. The highest BCUT2D eigenvalue weighted by Crippen LogP contribution is 2.33. The summed E-state index contributed by atoms with van der Waals surface area (Å²) in [6.45, 7) is 0.374. The van der Waals surface area contributed by atoms with Crippen LogP contribution in [0.4, 0.5) is 5.69 Å². The maximum atomic E-state index is 12.4. The molecular formula is C23H15BrClIN2O3. The number of amides is 1. The number of carbonyl (C=O) groups is 1. The van der Waals surface area contributed by atoms with Gasteiger partial charge in [-0.2, -0.15) is 5.26 Å². The highest BCUT2D eigenvalue weighted by Gasteiger charge is 2.13. The third kappa shape index (κ3) is 6.47. The van der Waals surface area contributed by atoms with Gasteiger partial charge in [-0.1, -0.05) is 23.7 Å². The Morgan fingerprint density at radius 1 is 1.19 bits per heavy atom. The number of benzene rings is 3. The van der Waals surface area contributed by atoms with Crippen LogP contribution in [0.5, 0.6) is 11.5 Å². The van der Waals surface area contributed by atoms with E-state index in [9.17, 15) is 15.2 Å². The summed E-state index contributed by atoms with van der Waals surface area (Å²) < 4.78 is 7.46. The molecule has 0 unspecified atom stereocenters. The molecule has 3 aromatic carbocycles. The van der Waals surface area contributed by atoms with Gasteiger partial charge in [0.15, 0.2) is 0 Å². The fourth-order valence-corrected chi connectivity index (χ4v) is 4.49. The molecule has 0 atom stereocenters. The van der Waals surface area contributed by atoms with E-state index in [0.29, 0.717) is 33.1 Å². The van der Waals surface area contributed by atoms with Crippen molar-refractivity contribution in [2.75, 3.05) is 5.32 Å². The summed E-state index contributed by atoms with van der Waals surface area (Å²) in [5, 5.41) is 22.1. The molecule has 0 radical (unpaired) electrons. The van der Waals surface area contributed by atoms with Crippen molar-refractivity contribution in [3.63, 3.8) is 0 Å². The predicted octanol–water partition coefficient (Wildman–Crippen LogP) is 6.54. The van der Waals surface area contributed by atoms with Crippen LogP contribution in [0.25, 0.3) is 6.08 Å². The first kappa shape index (κ1) is 23.1. The summed E-state index contributed by atoms with van der Waals surface area (Å²) in [4.78, 5) is 12.4. The minimum Gasteiger partial charge on any atom is -0.508 e. The van der Waals surface area contributed by atoms with Crippen LogP contribution < -0.4 is 10.1 Å². The first-order valence-electron chi connectivity index (χ1n) is 8.94. The van der Waals surface area contributed by atoms with Crippen LogP contribution in [0.1, 0.15) is 11.1 Å². The van der Waals surface area contributed by atoms with Crippen LogP contribution >= 0.6 is 50.1 Å². The number of phenolic OH excluding ortho intramolecular Hbond substituents is 1. The Morgan fingerprint density at radius 3 is 2.48 bits per heavy atom. The minimum atomic E-state index is -0.539. The Labute approximate surface area is 206 Å². The minimum absolute atomic E-state index is 0.0504. The summed E-state index contributed by atoms with van der Waals surface area (Å²) in [7, 11) is 0. The maximum Gasteiger partial charge on any atom is 0.266 e. The van der Waals surface area contributed by atoms with Gasteiger partial charge in [0.05, 0.1) is 8.04 Å². The van der Waals surface area contributed by atoms with Crippen molar-refractivity contribution >= 4 is 67.8 Å². The van der Waals surface area contributed by atoms with Gasteiger partial charge in [0, 0.05) is 10.7 Å². The maximum absolute atomic E-state index is 12.4. The first-order valence-corrected chi connectivity index (χ1v) is 11.2. The second-order valence-corrected chi connectivity index (χ2v) is 8.85. The van der Waals surface area contributed by atoms with Crippen molar-refractivity contribution in [3.8, 4) is 17.6 Å². The van der Waals surface area contributed by atoms with Gasteiger partial charge in [-0.25, -0.2) is 0 Å². The summed E-state index contributed by atoms with van der Waals surface area (Å²) in [5.41, 5.74) is 2.08. The second-order valence-electron chi connectivity index (χ2n) is 6.40. The van der Waals surface area contributed by atoms with E-state index in [1.54, 1.807) is 30.3 Å². The second kappa shape index (κ2) is 10.7. The average molecular weight is 610 g/mol. The third-order valence-corrected chi connectivity index (χ3v) is 5.76. The lowest BCUT2D eigenvalue weighted by atomic mass is 10.1. The fraction of sp³-hybridized carbons (Fsp3) is 0.0435. The number of phenols is 1. The van der Waals surface area contributed by atoms with Gasteiger partial charge in [-0.15, -0.1) is 0 Å². The van der Waals surface area contributed by atoms with Crippen molar-refractivity contribution in [2.24, 2.45) is 0 Å². The smallest absolute Gasteiger partial charge is 0.266 e. The average Bonchev–Trinajstić information content (AvgIpc) is 2.74. The van der Waals surface area contributed by atoms with Crippen LogP contribution in [0.2, 0.25) is 5.02 Å². The standard InChI is InChI=1S/C23H15BrClIN2O3/c24-20-10-15(9-16(12-27)23(30)28-18-5-7-19(29)8-6-18)11-21(26)22(20)31-13-14-1-3-17(25)4-2-14/h1-11,29H,13H2,(H,28,30)/b16-9+. The lowest BCUT2D eigenvalue weighted by Gasteiger charge is -2.12. The van der Waals surface area contributed by atoms with Crippen molar-refractivity contribution < 1.29 is 14.6 Å². The molecule has 1 amide bonds. The van der Waals surface area contributed by atoms with E-state index in [4.69, 9.17) is 16.3 Å². The van der Waals surface area contributed by atoms with Gasteiger partial charge >= 0.3 is 0 Å². The van der Waals surface area contributed by atoms with E-state index in [0.717, 1.165) is 9.13 Å². The van der Waals surface area contributed by atoms with Crippen LogP contribution in [0.3, 0.4) is 0 Å². The lowest BCUT2D eigenvalue weighted by molar-refractivity contribution is -0.112. The molecule has 2 N–H and O–H groups in total. The van der Waals surface area contributed by atoms with E-state index < -0.39 is 5.91 Å². The Kier molecular flexibility index (Phi) is 7.96. The Hall–Kier alpha value is -2.54. The molecule has 156 valence electrons. The molecule has 3 aromatic rings. The van der Waals surface area contributed by atoms with Gasteiger partial charge in [-0.3, -0.25) is 4.79 Å². The molecule has 8 heteroatoms. The summed E-state index contributed by atoms with van der Waals surface area (Å²) in [5.74, 6) is 0.217. The van der Waals surface area contributed by atoms with Gasteiger partial charge in [-0.05, 0) is 104 Å². The number of nitrogens with one attached hydrogen (secondary N) is 1. The quantitative estimate of drug-likeness (QED) is 0.144. The largest absolute Gasteiger partial charge is 0.508 e. The number of hydrogen-bond donors (Lipinski definition) is 2. The van der Waals surface area contributed by atoms with Crippen molar-refractivity contribution in [2.45, 2.75) is 6.61 Å². The molecule has 0 saturated carbocycles. The van der Waals surface area contributed by atoms with Crippen LogP contribution in [0.15, 0.2) is 70.7 Å². The number of carbonyl (C=O) groups excluding carboxylic acids is 1. The molecule has 31 heavy (non-hydrogen) atoms. The Morgan fingerprint density at radius 2 is 1.87 bits per heavy atom.